The molecule has 0 bridgehead atoms. The van der Waals surface area contributed by atoms with Crippen molar-refractivity contribution in [3.8, 4) is 0 Å². The van der Waals surface area contributed by atoms with Crippen LogP contribution in [0.2, 0.25) is 0 Å². The van der Waals surface area contributed by atoms with Crippen LogP contribution in [0.4, 0.5) is 0 Å². The first-order chi connectivity index (χ1) is 8.72. The highest BCUT2D eigenvalue weighted by atomic mass is 16.5. The molecule has 0 aromatic heterocycles. The summed E-state index contributed by atoms with van der Waals surface area (Å²) in [4.78, 5) is 14.4. The van der Waals surface area contributed by atoms with Crippen molar-refractivity contribution in [1.82, 2.24) is 0 Å². The molecule has 5 nitrogen and oxygen atoms in total. The largest absolute Gasteiger partial charge is 0.469 e. The zero-order valence-corrected chi connectivity index (χ0v) is 10.7. The Kier molecular flexibility index (Phi) is 5.74. The van der Waals surface area contributed by atoms with E-state index < -0.39 is 0 Å². The molecule has 0 aliphatic heterocycles. The third-order valence-corrected chi connectivity index (χ3v) is 2.76. The van der Waals surface area contributed by atoms with Crippen molar-refractivity contribution < 1.29 is 9.53 Å². The van der Waals surface area contributed by atoms with Gasteiger partial charge in [0.2, 0.25) is 0 Å². The summed E-state index contributed by atoms with van der Waals surface area (Å²) in [5.41, 5.74) is 10.1. The predicted octanol–water partition coefficient (Wildman–Crippen LogP) is 3.55. The lowest BCUT2D eigenvalue weighted by Crippen LogP contribution is -2.14. The lowest BCUT2D eigenvalue weighted by Gasteiger charge is -2.14. The molecule has 1 rings (SSSR count). The number of benzene rings is 1. The van der Waals surface area contributed by atoms with Crippen LogP contribution in [0.3, 0.4) is 0 Å². The highest BCUT2D eigenvalue weighted by molar-refractivity contribution is 5.78. The van der Waals surface area contributed by atoms with E-state index in [2.05, 4.69) is 10.0 Å². The average molecular weight is 247 g/mol. The normalized spacial score (nSPS) is 11.4. The molecular weight excluding hydrogens is 230 g/mol. The first kappa shape index (κ1) is 14.1. The summed E-state index contributed by atoms with van der Waals surface area (Å²) in [6.45, 7) is 2.36. The first-order valence-electron chi connectivity index (χ1n) is 5.90. The number of carbonyl (C=O) groups is 1. The number of hydrogen-bond donors (Lipinski definition) is 0. The van der Waals surface area contributed by atoms with E-state index in [1.807, 2.05) is 31.2 Å². The Hall–Kier alpha value is -2.00. The molecule has 0 fully saturated rings. The minimum Gasteiger partial charge on any atom is -0.469 e. The molecule has 0 amide bonds. The Morgan fingerprint density at radius 1 is 1.44 bits per heavy atom. The maximum atomic E-state index is 11.7. The fourth-order valence-electron chi connectivity index (χ4n) is 1.82. The molecule has 0 saturated heterocycles. The van der Waals surface area contributed by atoms with Gasteiger partial charge in [0.05, 0.1) is 19.6 Å². The minimum atomic E-state index is -0.214. The quantitative estimate of drug-likeness (QED) is 0.333. The number of rotatable bonds is 6. The van der Waals surface area contributed by atoms with Crippen LogP contribution < -0.4 is 0 Å². The standard InChI is InChI=1S/C13H17N3O2/c1-3-4-12(13(17)18-2)11-7-5-10(6-8-11)9-15-16-14/h5-8,12H,3-4,9H2,1-2H3. The fraction of sp³-hybridized carbons (Fsp3) is 0.462. The summed E-state index contributed by atoms with van der Waals surface area (Å²) in [7, 11) is 1.40. The highest BCUT2D eigenvalue weighted by Gasteiger charge is 2.19. The van der Waals surface area contributed by atoms with Crippen molar-refractivity contribution in [3.05, 3.63) is 45.8 Å². The molecule has 5 heteroatoms. The summed E-state index contributed by atoms with van der Waals surface area (Å²) < 4.78 is 4.81. The molecule has 0 spiro atoms. The van der Waals surface area contributed by atoms with Crippen molar-refractivity contribution in [2.45, 2.75) is 32.2 Å². The van der Waals surface area contributed by atoms with Gasteiger partial charge in [-0.15, -0.1) is 0 Å². The van der Waals surface area contributed by atoms with Gasteiger partial charge in [-0.3, -0.25) is 4.79 Å². The van der Waals surface area contributed by atoms with Gasteiger partial charge in [0.15, 0.2) is 0 Å². The van der Waals surface area contributed by atoms with Crippen LogP contribution in [0.5, 0.6) is 0 Å². The van der Waals surface area contributed by atoms with Gasteiger partial charge in [0.1, 0.15) is 0 Å². The molecule has 1 atom stereocenters. The number of methoxy groups -OCH3 is 1. The lowest BCUT2D eigenvalue weighted by molar-refractivity contribution is -0.142. The van der Waals surface area contributed by atoms with E-state index in [9.17, 15) is 4.79 Å². The SMILES string of the molecule is CCCC(C(=O)OC)c1ccc(CN=[N+]=[N-])cc1. The van der Waals surface area contributed by atoms with E-state index in [0.717, 1.165) is 24.0 Å². The molecule has 1 aromatic carbocycles. The molecule has 0 N–H and O–H groups in total. The van der Waals surface area contributed by atoms with E-state index in [4.69, 9.17) is 10.3 Å². The van der Waals surface area contributed by atoms with Crippen LogP contribution in [0.1, 0.15) is 36.8 Å². The molecule has 1 unspecified atom stereocenters. The number of nitrogens with zero attached hydrogens (tertiary/aromatic N) is 3. The Bertz CT molecular complexity index is 436. The van der Waals surface area contributed by atoms with Crippen molar-refractivity contribution in [2.75, 3.05) is 7.11 Å². The van der Waals surface area contributed by atoms with Crippen LogP contribution in [0, 0.1) is 0 Å². The maximum Gasteiger partial charge on any atom is 0.313 e. The fourth-order valence-corrected chi connectivity index (χ4v) is 1.82. The van der Waals surface area contributed by atoms with E-state index in [1.165, 1.54) is 7.11 Å². The maximum absolute atomic E-state index is 11.7. The first-order valence-corrected chi connectivity index (χ1v) is 5.90. The Morgan fingerprint density at radius 3 is 2.61 bits per heavy atom. The van der Waals surface area contributed by atoms with Gasteiger partial charge in [-0.25, -0.2) is 0 Å². The van der Waals surface area contributed by atoms with Crippen LogP contribution in [-0.4, -0.2) is 13.1 Å². The van der Waals surface area contributed by atoms with Crippen molar-refractivity contribution in [2.24, 2.45) is 5.11 Å². The Morgan fingerprint density at radius 2 is 2.11 bits per heavy atom. The van der Waals surface area contributed by atoms with E-state index >= 15 is 0 Å². The summed E-state index contributed by atoms with van der Waals surface area (Å²) in [6, 6.07) is 7.52. The Balaban J connectivity index is 2.86. The van der Waals surface area contributed by atoms with Crippen LogP contribution in [-0.2, 0) is 16.1 Å². The highest BCUT2D eigenvalue weighted by Crippen LogP contribution is 2.23. The van der Waals surface area contributed by atoms with Gasteiger partial charge in [-0.05, 0) is 23.1 Å². The third kappa shape index (κ3) is 3.79. The summed E-state index contributed by atoms with van der Waals surface area (Å²) in [5.74, 6) is -0.423. The number of esters is 1. The predicted molar refractivity (Wildman–Crippen MR) is 69.0 cm³/mol. The van der Waals surface area contributed by atoms with Crippen molar-refractivity contribution in [1.29, 1.82) is 0 Å². The van der Waals surface area contributed by atoms with Gasteiger partial charge < -0.3 is 4.74 Å². The summed E-state index contributed by atoms with van der Waals surface area (Å²) in [5, 5.41) is 3.49. The molecule has 18 heavy (non-hydrogen) atoms. The van der Waals surface area contributed by atoms with E-state index in [1.54, 1.807) is 0 Å². The number of ether oxygens (including phenoxy) is 1. The van der Waals surface area contributed by atoms with Crippen LogP contribution in [0.15, 0.2) is 29.4 Å². The molecule has 0 heterocycles. The van der Waals surface area contributed by atoms with E-state index in [0.29, 0.717) is 6.54 Å². The molecular formula is C13H17N3O2. The molecule has 0 aliphatic carbocycles. The molecule has 0 radical (unpaired) electrons. The van der Waals surface area contributed by atoms with Crippen molar-refractivity contribution >= 4 is 5.97 Å². The zero-order chi connectivity index (χ0) is 13.4. The molecule has 1 aromatic rings. The number of hydrogen-bond acceptors (Lipinski definition) is 3. The number of carbonyl (C=O) groups excluding carboxylic acids is 1. The monoisotopic (exact) mass is 247 g/mol. The van der Waals surface area contributed by atoms with Gasteiger partial charge in [-0.1, -0.05) is 42.7 Å². The van der Waals surface area contributed by atoms with Gasteiger partial charge in [-0.2, -0.15) is 0 Å². The average Bonchev–Trinajstić information content (AvgIpc) is 2.42. The second kappa shape index (κ2) is 7.35. The Labute approximate surface area is 106 Å². The lowest BCUT2D eigenvalue weighted by atomic mass is 9.94. The van der Waals surface area contributed by atoms with Gasteiger partial charge >= 0.3 is 5.97 Å². The number of azide groups is 1. The second-order valence-corrected chi connectivity index (χ2v) is 3.99. The van der Waals surface area contributed by atoms with Crippen LogP contribution in [0.25, 0.3) is 10.4 Å². The van der Waals surface area contributed by atoms with Gasteiger partial charge in [0.25, 0.3) is 0 Å². The third-order valence-electron chi connectivity index (χ3n) is 2.76. The summed E-state index contributed by atoms with van der Waals surface area (Å²) >= 11 is 0. The van der Waals surface area contributed by atoms with Gasteiger partial charge in [0, 0.05) is 4.91 Å². The minimum absolute atomic E-state index is 0.209. The second-order valence-electron chi connectivity index (χ2n) is 3.99. The van der Waals surface area contributed by atoms with Crippen LogP contribution >= 0.6 is 0 Å². The molecule has 96 valence electrons. The zero-order valence-electron chi connectivity index (χ0n) is 10.7. The smallest absolute Gasteiger partial charge is 0.313 e. The summed E-state index contributed by atoms with van der Waals surface area (Å²) in [6.07, 6.45) is 1.68. The van der Waals surface area contributed by atoms with E-state index in [-0.39, 0.29) is 11.9 Å². The van der Waals surface area contributed by atoms with Crippen molar-refractivity contribution in [3.63, 3.8) is 0 Å². The molecule has 0 saturated carbocycles. The molecule has 0 aliphatic rings. The topological polar surface area (TPSA) is 75.1 Å².